The first-order valence-corrected chi connectivity index (χ1v) is 10.1. The first kappa shape index (κ1) is 19.7. The topological polar surface area (TPSA) is 43.9 Å². The molecule has 29 heavy (non-hydrogen) atoms. The van der Waals surface area contributed by atoms with Gasteiger partial charge in [0.25, 0.3) is 11.8 Å². The summed E-state index contributed by atoms with van der Waals surface area (Å²) in [5.74, 6) is -0.484. The Morgan fingerprint density at radius 2 is 1.55 bits per heavy atom. The van der Waals surface area contributed by atoms with Gasteiger partial charge in [0.15, 0.2) is 5.54 Å². The van der Waals surface area contributed by atoms with Gasteiger partial charge in [0.2, 0.25) is 0 Å². The van der Waals surface area contributed by atoms with Gasteiger partial charge in [0.05, 0.1) is 13.1 Å². The highest BCUT2D eigenvalue weighted by Crippen LogP contribution is 2.41. The summed E-state index contributed by atoms with van der Waals surface area (Å²) in [5.41, 5.74) is 0.487. The van der Waals surface area contributed by atoms with Gasteiger partial charge in [-0.25, -0.2) is 4.39 Å². The van der Waals surface area contributed by atoms with E-state index < -0.39 is 11.6 Å². The summed E-state index contributed by atoms with van der Waals surface area (Å²) in [7, 11) is 0. The molecule has 2 aromatic carbocycles. The minimum absolute atomic E-state index is 0.0621. The summed E-state index contributed by atoms with van der Waals surface area (Å²) >= 11 is 6.03. The fraction of sp³-hybridized carbons (Fsp3) is 0.364. The summed E-state index contributed by atoms with van der Waals surface area (Å²) in [6.45, 7) is 6.31. The van der Waals surface area contributed by atoms with Crippen LogP contribution in [0.1, 0.15) is 20.8 Å². The van der Waals surface area contributed by atoms with Gasteiger partial charge >= 0.3 is 0 Å². The number of amides is 2. The number of anilines is 2. The third-order valence-corrected chi connectivity index (χ3v) is 6.05. The Morgan fingerprint density at radius 3 is 2.10 bits per heavy atom. The molecule has 1 unspecified atom stereocenters. The minimum atomic E-state index is -0.990. The van der Waals surface area contributed by atoms with Gasteiger partial charge < -0.3 is 9.80 Å². The summed E-state index contributed by atoms with van der Waals surface area (Å²) in [6, 6.07) is 12.5. The van der Waals surface area contributed by atoms with E-state index >= 15 is 0 Å². The number of hydrogen-bond acceptors (Lipinski definition) is 3. The number of piperazine rings is 1. The summed E-state index contributed by atoms with van der Waals surface area (Å²) in [4.78, 5) is 32.3. The van der Waals surface area contributed by atoms with Gasteiger partial charge in [-0.05, 0) is 69.3 Å². The van der Waals surface area contributed by atoms with Crippen molar-refractivity contribution in [3.05, 3.63) is 59.4 Å². The highest BCUT2D eigenvalue weighted by molar-refractivity contribution is 6.30. The van der Waals surface area contributed by atoms with Crippen LogP contribution in [0.5, 0.6) is 0 Å². The number of hydrogen-bond donors (Lipinski definition) is 0. The third kappa shape index (κ3) is 3.06. The zero-order valence-corrected chi connectivity index (χ0v) is 17.4. The molecule has 0 bridgehead atoms. The van der Waals surface area contributed by atoms with Gasteiger partial charge in [0, 0.05) is 22.4 Å². The molecule has 0 saturated carbocycles. The second kappa shape index (κ2) is 7.02. The second-order valence-corrected chi connectivity index (χ2v) is 8.43. The van der Waals surface area contributed by atoms with Gasteiger partial charge in [0.1, 0.15) is 11.9 Å². The Bertz CT molecular complexity index is 940. The van der Waals surface area contributed by atoms with E-state index in [9.17, 15) is 14.0 Å². The van der Waals surface area contributed by atoms with Crippen LogP contribution in [0.2, 0.25) is 5.02 Å². The molecule has 0 N–H and O–H groups in total. The maximum atomic E-state index is 13.6. The first-order valence-electron chi connectivity index (χ1n) is 9.67. The fourth-order valence-corrected chi connectivity index (χ4v) is 4.50. The van der Waals surface area contributed by atoms with Crippen LogP contribution in [-0.4, -0.2) is 47.4 Å². The SMILES string of the molecule is CC(C)N1C(=O)C2(CN(c3ccc(F)cc3)C2)N(c2ccc(Cl)cc2)C(=O)C1C. The van der Waals surface area contributed by atoms with Crippen molar-refractivity contribution in [1.29, 1.82) is 0 Å². The first-order chi connectivity index (χ1) is 13.7. The Labute approximate surface area is 174 Å². The molecule has 1 spiro atoms. The molecule has 0 radical (unpaired) electrons. The minimum Gasteiger partial charge on any atom is -0.366 e. The monoisotopic (exact) mass is 415 g/mol. The van der Waals surface area contributed by atoms with Crippen molar-refractivity contribution in [3.8, 4) is 0 Å². The molecular formula is C22H23ClFN3O2. The van der Waals surface area contributed by atoms with Crippen LogP contribution in [0.25, 0.3) is 0 Å². The highest BCUT2D eigenvalue weighted by atomic mass is 35.5. The Balaban J connectivity index is 1.74. The van der Waals surface area contributed by atoms with Crippen molar-refractivity contribution >= 4 is 34.8 Å². The number of benzene rings is 2. The maximum absolute atomic E-state index is 13.6. The number of nitrogens with zero attached hydrogens (tertiary/aromatic N) is 3. The predicted molar refractivity (Wildman–Crippen MR) is 112 cm³/mol. The lowest BCUT2D eigenvalue weighted by atomic mass is 9.81. The van der Waals surface area contributed by atoms with E-state index in [4.69, 9.17) is 11.6 Å². The molecule has 2 aliphatic rings. The lowest BCUT2D eigenvalue weighted by Gasteiger charge is -2.60. The molecule has 2 aromatic rings. The average Bonchev–Trinajstić information content (AvgIpc) is 2.64. The van der Waals surface area contributed by atoms with E-state index in [1.165, 1.54) is 12.1 Å². The van der Waals surface area contributed by atoms with Crippen molar-refractivity contribution in [2.75, 3.05) is 22.9 Å². The van der Waals surface area contributed by atoms with Crippen LogP contribution >= 0.6 is 11.6 Å². The third-order valence-electron chi connectivity index (χ3n) is 5.79. The lowest BCUT2D eigenvalue weighted by molar-refractivity contribution is -0.153. The Hall–Kier alpha value is -2.60. The van der Waals surface area contributed by atoms with Crippen LogP contribution in [0, 0.1) is 5.82 Å². The van der Waals surface area contributed by atoms with Crippen molar-refractivity contribution in [2.24, 2.45) is 0 Å². The van der Waals surface area contributed by atoms with Crippen molar-refractivity contribution in [2.45, 2.75) is 38.4 Å². The molecule has 0 aromatic heterocycles. The standard InChI is InChI=1S/C22H23ClFN3O2/c1-14(2)26-15(3)20(28)27(19-8-4-16(23)5-9-19)22(21(26)29)12-25(13-22)18-10-6-17(24)7-11-18/h4-11,14-15H,12-13H2,1-3H3. The molecule has 4 rings (SSSR count). The fourth-order valence-electron chi connectivity index (χ4n) is 4.37. The summed E-state index contributed by atoms with van der Waals surface area (Å²) < 4.78 is 13.3. The van der Waals surface area contributed by atoms with Crippen LogP contribution < -0.4 is 9.80 Å². The smallest absolute Gasteiger partial charge is 0.253 e. The highest BCUT2D eigenvalue weighted by Gasteiger charge is 2.62. The summed E-state index contributed by atoms with van der Waals surface area (Å²) in [6.07, 6.45) is 0. The van der Waals surface area contributed by atoms with E-state index in [0.717, 1.165) is 5.69 Å². The van der Waals surface area contributed by atoms with Gasteiger partial charge in [-0.1, -0.05) is 11.6 Å². The maximum Gasteiger partial charge on any atom is 0.253 e. The van der Waals surface area contributed by atoms with Crippen molar-refractivity contribution < 1.29 is 14.0 Å². The Kier molecular flexibility index (Phi) is 4.77. The van der Waals surface area contributed by atoms with Crippen molar-refractivity contribution in [3.63, 3.8) is 0 Å². The molecule has 0 aliphatic carbocycles. The molecule has 7 heteroatoms. The van der Waals surface area contributed by atoms with E-state index in [1.807, 2.05) is 18.7 Å². The van der Waals surface area contributed by atoms with E-state index in [1.54, 1.807) is 53.1 Å². The Morgan fingerprint density at radius 1 is 1.00 bits per heavy atom. The largest absolute Gasteiger partial charge is 0.366 e. The van der Waals surface area contributed by atoms with Crippen LogP contribution in [-0.2, 0) is 9.59 Å². The van der Waals surface area contributed by atoms with Crippen LogP contribution in [0.3, 0.4) is 0 Å². The second-order valence-electron chi connectivity index (χ2n) is 8.00. The summed E-state index contributed by atoms with van der Waals surface area (Å²) in [5, 5.41) is 0.567. The normalized spacial score (nSPS) is 21.2. The van der Waals surface area contributed by atoms with E-state index in [2.05, 4.69) is 0 Å². The molecule has 2 saturated heterocycles. The van der Waals surface area contributed by atoms with Crippen LogP contribution in [0.4, 0.5) is 15.8 Å². The molecule has 2 aliphatic heterocycles. The van der Waals surface area contributed by atoms with E-state index in [0.29, 0.717) is 23.8 Å². The van der Waals surface area contributed by atoms with Gasteiger partial charge in [-0.2, -0.15) is 0 Å². The van der Waals surface area contributed by atoms with E-state index in [-0.39, 0.29) is 23.7 Å². The molecule has 2 amide bonds. The lowest BCUT2D eigenvalue weighted by Crippen LogP contribution is -2.83. The van der Waals surface area contributed by atoms with Gasteiger partial charge in [-0.3, -0.25) is 14.5 Å². The average molecular weight is 416 g/mol. The van der Waals surface area contributed by atoms with Crippen molar-refractivity contribution in [1.82, 2.24) is 4.90 Å². The molecule has 2 heterocycles. The zero-order chi connectivity index (χ0) is 20.9. The number of halogens is 2. The molecule has 1 atom stereocenters. The zero-order valence-electron chi connectivity index (χ0n) is 16.6. The quantitative estimate of drug-likeness (QED) is 0.767. The number of carbonyl (C=O) groups is 2. The predicted octanol–water partition coefficient (Wildman–Crippen LogP) is 3.71. The van der Waals surface area contributed by atoms with Gasteiger partial charge in [-0.15, -0.1) is 0 Å². The van der Waals surface area contributed by atoms with Crippen LogP contribution in [0.15, 0.2) is 48.5 Å². The number of carbonyl (C=O) groups excluding carboxylic acids is 2. The number of rotatable bonds is 3. The molecular weight excluding hydrogens is 393 g/mol. The molecule has 2 fully saturated rings. The molecule has 5 nitrogen and oxygen atoms in total. The molecule has 152 valence electrons.